The quantitative estimate of drug-likeness (QED) is 0.822. The van der Waals surface area contributed by atoms with Gasteiger partial charge in [-0.15, -0.1) is 0 Å². The number of rotatable bonds is 3. The van der Waals surface area contributed by atoms with E-state index in [-0.39, 0.29) is 11.0 Å². The van der Waals surface area contributed by atoms with Crippen molar-refractivity contribution in [1.82, 2.24) is 5.32 Å². The van der Waals surface area contributed by atoms with E-state index in [4.69, 9.17) is 9.47 Å². The van der Waals surface area contributed by atoms with Gasteiger partial charge >= 0.3 is 0 Å². The zero-order valence-corrected chi connectivity index (χ0v) is 11.9. The first-order valence-corrected chi connectivity index (χ1v) is 6.78. The van der Waals surface area contributed by atoms with E-state index in [1.165, 1.54) is 0 Å². The number of hydrogen-bond donors (Lipinski definition) is 1. The molecule has 3 heteroatoms. The van der Waals surface area contributed by atoms with Crippen molar-refractivity contribution in [3.05, 3.63) is 0 Å². The minimum Gasteiger partial charge on any atom is -0.381 e. The van der Waals surface area contributed by atoms with Gasteiger partial charge in [-0.3, -0.25) is 0 Å². The van der Waals surface area contributed by atoms with Crippen LogP contribution in [-0.2, 0) is 9.47 Å². The van der Waals surface area contributed by atoms with E-state index in [1.54, 1.807) is 0 Å². The summed E-state index contributed by atoms with van der Waals surface area (Å²) in [6.07, 6.45) is 3.79. The maximum Gasteiger partial charge on any atom is 0.0652 e. The fourth-order valence-electron chi connectivity index (χ4n) is 3.23. The van der Waals surface area contributed by atoms with Gasteiger partial charge in [0.15, 0.2) is 0 Å². The van der Waals surface area contributed by atoms with Gasteiger partial charge in [0.1, 0.15) is 0 Å². The SMILES string of the molecule is COC1CC(NC2CCOC(C)(C)C2)C1(C)C. The Hall–Kier alpha value is -0.120. The van der Waals surface area contributed by atoms with E-state index in [9.17, 15) is 0 Å². The Morgan fingerprint density at radius 1 is 1.24 bits per heavy atom. The molecule has 3 atom stereocenters. The summed E-state index contributed by atoms with van der Waals surface area (Å²) in [5.74, 6) is 0. The molecule has 0 aromatic heterocycles. The second kappa shape index (κ2) is 4.52. The maximum absolute atomic E-state index is 5.76. The number of hydrogen-bond acceptors (Lipinski definition) is 3. The highest BCUT2D eigenvalue weighted by molar-refractivity contribution is 5.04. The van der Waals surface area contributed by atoms with Gasteiger partial charge in [0.25, 0.3) is 0 Å². The molecule has 1 aliphatic heterocycles. The molecule has 17 heavy (non-hydrogen) atoms. The molecule has 0 radical (unpaired) electrons. The fraction of sp³-hybridized carbons (Fsp3) is 1.00. The zero-order valence-electron chi connectivity index (χ0n) is 11.9. The molecule has 1 saturated carbocycles. The van der Waals surface area contributed by atoms with Gasteiger partial charge in [-0.1, -0.05) is 13.8 Å². The predicted molar refractivity (Wildman–Crippen MR) is 69.2 cm³/mol. The van der Waals surface area contributed by atoms with Crippen LogP contribution in [-0.4, -0.2) is 37.5 Å². The third-order valence-electron chi connectivity index (χ3n) is 4.60. The Kier molecular flexibility index (Phi) is 3.54. The number of nitrogens with one attached hydrogen (secondary N) is 1. The standard InChI is InChI=1S/C14H27NO2/c1-13(2)9-10(6-7-17-13)15-11-8-12(16-5)14(11,3)4/h10-12,15H,6-9H2,1-5H3. The summed E-state index contributed by atoms with van der Waals surface area (Å²) in [4.78, 5) is 0. The molecule has 1 saturated heterocycles. The maximum atomic E-state index is 5.76. The Balaban J connectivity index is 1.86. The summed E-state index contributed by atoms with van der Waals surface area (Å²) in [6, 6.07) is 1.19. The highest BCUT2D eigenvalue weighted by Gasteiger charge is 2.49. The van der Waals surface area contributed by atoms with E-state index in [1.807, 2.05) is 7.11 Å². The van der Waals surface area contributed by atoms with Gasteiger partial charge in [-0.25, -0.2) is 0 Å². The van der Waals surface area contributed by atoms with Crippen LogP contribution in [0.1, 0.15) is 47.0 Å². The van der Waals surface area contributed by atoms with Crippen molar-refractivity contribution in [2.45, 2.75) is 70.7 Å². The van der Waals surface area contributed by atoms with Gasteiger partial charge in [0.05, 0.1) is 11.7 Å². The topological polar surface area (TPSA) is 30.5 Å². The van der Waals surface area contributed by atoms with Crippen LogP contribution in [0, 0.1) is 5.41 Å². The normalized spacial score (nSPS) is 39.7. The van der Waals surface area contributed by atoms with Crippen LogP contribution in [0.5, 0.6) is 0 Å². The smallest absolute Gasteiger partial charge is 0.0652 e. The Morgan fingerprint density at radius 2 is 1.94 bits per heavy atom. The van der Waals surface area contributed by atoms with Crippen molar-refractivity contribution in [1.29, 1.82) is 0 Å². The van der Waals surface area contributed by atoms with Crippen molar-refractivity contribution in [2.75, 3.05) is 13.7 Å². The Bertz CT molecular complexity index is 275. The van der Waals surface area contributed by atoms with Gasteiger partial charge in [-0.2, -0.15) is 0 Å². The molecule has 0 aromatic rings. The van der Waals surface area contributed by atoms with Crippen LogP contribution >= 0.6 is 0 Å². The van der Waals surface area contributed by atoms with E-state index < -0.39 is 0 Å². The fourth-order valence-corrected chi connectivity index (χ4v) is 3.23. The highest BCUT2D eigenvalue weighted by atomic mass is 16.5. The van der Waals surface area contributed by atoms with Crippen LogP contribution in [0.25, 0.3) is 0 Å². The van der Waals surface area contributed by atoms with E-state index >= 15 is 0 Å². The van der Waals surface area contributed by atoms with Crippen LogP contribution < -0.4 is 5.32 Å². The average Bonchev–Trinajstić information content (AvgIpc) is 2.22. The van der Waals surface area contributed by atoms with Crippen LogP contribution in [0.15, 0.2) is 0 Å². The molecule has 2 fully saturated rings. The third kappa shape index (κ3) is 2.67. The zero-order chi connectivity index (χ0) is 12.7. The van der Waals surface area contributed by atoms with Crippen LogP contribution in [0.3, 0.4) is 0 Å². The van der Waals surface area contributed by atoms with Gasteiger partial charge in [-0.05, 0) is 33.1 Å². The summed E-state index contributed by atoms with van der Waals surface area (Å²) < 4.78 is 11.3. The van der Waals surface area contributed by atoms with Crippen LogP contribution in [0.4, 0.5) is 0 Å². The summed E-state index contributed by atoms with van der Waals surface area (Å²) in [6.45, 7) is 9.85. The average molecular weight is 241 g/mol. The van der Waals surface area contributed by atoms with Gasteiger partial charge in [0.2, 0.25) is 0 Å². The molecule has 0 bridgehead atoms. The molecule has 3 unspecified atom stereocenters. The second-order valence-corrected chi connectivity index (χ2v) is 6.80. The summed E-state index contributed by atoms with van der Waals surface area (Å²) in [5, 5.41) is 3.81. The van der Waals surface area contributed by atoms with Crippen molar-refractivity contribution < 1.29 is 9.47 Å². The second-order valence-electron chi connectivity index (χ2n) is 6.80. The molecular formula is C14H27NO2. The van der Waals surface area contributed by atoms with Gasteiger partial charge < -0.3 is 14.8 Å². The highest BCUT2D eigenvalue weighted by Crippen LogP contribution is 2.43. The van der Waals surface area contributed by atoms with Crippen LogP contribution in [0.2, 0.25) is 0 Å². The molecule has 1 N–H and O–H groups in total. The molecule has 0 spiro atoms. The first-order chi connectivity index (χ1) is 7.85. The molecular weight excluding hydrogens is 214 g/mol. The summed E-state index contributed by atoms with van der Waals surface area (Å²) in [5.41, 5.74) is 0.293. The lowest BCUT2D eigenvalue weighted by atomic mass is 9.64. The third-order valence-corrected chi connectivity index (χ3v) is 4.60. The molecule has 3 nitrogen and oxygen atoms in total. The first kappa shape index (κ1) is 13.3. The molecule has 0 amide bonds. The monoisotopic (exact) mass is 241 g/mol. The summed E-state index contributed by atoms with van der Waals surface area (Å²) in [7, 11) is 1.82. The molecule has 1 heterocycles. The van der Waals surface area contributed by atoms with E-state index in [0.29, 0.717) is 18.2 Å². The molecule has 2 rings (SSSR count). The molecule has 100 valence electrons. The Morgan fingerprint density at radius 3 is 2.47 bits per heavy atom. The van der Waals surface area contributed by atoms with Crippen molar-refractivity contribution in [2.24, 2.45) is 5.41 Å². The number of ether oxygens (including phenoxy) is 2. The van der Waals surface area contributed by atoms with Gasteiger partial charge in [0, 0.05) is 31.2 Å². The summed E-state index contributed by atoms with van der Waals surface area (Å²) >= 11 is 0. The molecule has 2 aliphatic rings. The lowest BCUT2D eigenvalue weighted by molar-refractivity contribution is -0.112. The minimum absolute atomic E-state index is 0.0322. The lowest BCUT2D eigenvalue weighted by Gasteiger charge is -2.53. The van der Waals surface area contributed by atoms with Crippen molar-refractivity contribution >= 4 is 0 Å². The predicted octanol–water partition coefficient (Wildman–Crippen LogP) is 2.35. The van der Waals surface area contributed by atoms with E-state index in [2.05, 4.69) is 33.0 Å². The molecule has 0 aromatic carbocycles. The van der Waals surface area contributed by atoms with Crippen molar-refractivity contribution in [3.63, 3.8) is 0 Å². The first-order valence-electron chi connectivity index (χ1n) is 6.78. The number of methoxy groups -OCH3 is 1. The minimum atomic E-state index is 0.0322. The van der Waals surface area contributed by atoms with E-state index in [0.717, 1.165) is 25.9 Å². The lowest BCUT2D eigenvalue weighted by Crippen LogP contribution is -2.63. The molecule has 1 aliphatic carbocycles. The van der Waals surface area contributed by atoms with Crippen molar-refractivity contribution in [3.8, 4) is 0 Å². The Labute approximate surface area is 105 Å². The largest absolute Gasteiger partial charge is 0.381 e.